The zero-order valence-corrected chi connectivity index (χ0v) is 11.8. The van der Waals surface area contributed by atoms with Gasteiger partial charge in [-0.3, -0.25) is 4.79 Å². The minimum atomic E-state index is -0.105. The molecular formula is C12H12O4S2. The molecule has 0 aliphatic carbocycles. The lowest BCUT2D eigenvalue weighted by molar-refractivity contribution is 0.104. The van der Waals surface area contributed by atoms with Crippen LogP contribution in [0.5, 0.6) is 17.2 Å². The van der Waals surface area contributed by atoms with Crippen molar-refractivity contribution in [2.24, 2.45) is 0 Å². The van der Waals surface area contributed by atoms with E-state index >= 15 is 0 Å². The second kappa shape index (κ2) is 5.41. The van der Waals surface area contributed by atoms with Gasteiger partial charge in [0.25, 0.3) is 0 Å². The molecule has 0 bridgehead atoms. The van der Waals surface area contributed by atoms with E-state index in [1.54, 1.807) is 25.7 Å². The summed E-state index contributed by atoms with van der Waals surface area (Å²) in [7, 11) is 4.61. The molecule has 0 spiro atoms. The van der Waals surface area contributed by atoms with E-state index in [2.05, 4.69) is 0 Å². The molecule has 0 N–H and O–H groups in total. The number of ketones is 1. The molecule has 0 aliphatic heterocycles. The lowest BCUT2D eigenvalue weighted by Gasteiger charge is -2.04. The van der Waals surface area contributed by atoms with Gasteiger partial charge in [0, 0.05) is 5.38 Å². The van der Waals surface area contributed by atoms with Gasteiger partial charge in [-0.15, -0.1) is 22.7 Å². The van der Waals surface area contributed by atoms with Gasteiger partial charge in [0.15, 0.2) is 11.5 Å². The van der Waals surface area contributed by atoms with Crippen molar-refractivity contribution in [3.05, 3.63) is 26.6 Å². The normalized spacial score (nSPS) is 10.2. The Kier molecular flexibility index (Phi) is 3.88. The van der Waals surface area contributed by atoms with Gasteiger partial charge in [-0.1, -0.05) is 0 Å². The third-order valence-corrected chi connectivity index (χ3v) is 4.23. The van der Waals surface area contributed by atoms with Crippen LogP contribution in [0.15, 0.2) is 16.8 Å². The van der Waals surface area contributed by atoms with E-state index in [0.717, 1.165) is 0 Å². The van der Waals surface area contributed by atoms with Gasteiger partial charge < -0.3 is 14.2 Å². The Balaban J connectivity index is 2.43. The van der Waals surface area contributed by atoms with Crippen LogP contribution in [0, 0.1) is 0 Å². The third kappa shape index (κ3) is 2.09. The Morgan fingerprint density at radius 1 is 1.00 bits per heavy atom. The molecule has 6 heteroatoms. The minimum absolute atomic E-state index is 0.105. The molecule has 96 valence electrons. The van der Waals surface area contributed by atoms with Gasteiger partial charge in [-0.05, 0) is 11.4 Å². The molecule has 2 rings (SSSR count). The Morgan fingerprint density at radius 2 is 1.72 bits per heavy atom. The third-order valence-electron chi connectivity index (χ3n) is 2.40. The van der Waals surface area contributed by atoms with E-state index in [1.807, 2.05) is 5.38 Å². The van der Waals surface area contributed by atoms with Gasteiger partial charge in [-0.2, -0.15) is 0 Å². The van der Waals surface area contributed by atoms with Crippen LogP contribution < -0.4 is 14.2 Å². The highest BCUT2D eigenvalue weighted by molar-refractivity contribution is 7.16. The highest BCUT2D eigenvalue weighted by Crippen LogP contribution is 2.40. The first-order valence-corrected chi connectivity index (χ1v) is 6.84. The molecule has 0 amide bonds. The van der Waals surface area contributed by atoms with Crippen LogP contribution in [0.25, 0.3) is 0 Å². The van der Waals surface area contributed by atoms with E-state index in [4.69, 9.17) is 14.2 Å². The van der Waals surface area contributed by atoms with E-state index in [1.165, 1.54) is 29.8 Å². The molecule has 0 unspecified atom stereocenters. The molecule has 2 aromatic heterocycles. The lowest BCUT2D eigenvalue weighted by Crippen LogP contribution is -2.01. The number of hydrogen-bond acceptors (Lipinski definition) is 6. The first-order chi connectivity index (χ1) is 8.72. The zero-order valence-electron chi connectivity index (χ0n) is 10.2. The fourth-order valence-electron chi connectivity index (χ4n) is 1.55. The molecule has 2 heterocycles. The SMILES string of the molecule is COc1ccsc1C(=O)c1scc(OC)c1OC. The minimum Gasteiger partial charge on any atom is -0.495 e. The molecule has 0 atom stereocenters. The van der Waals surface area contributed by atoms with Crippen molar-refractivity contribution in [3.63, 3.8) is 0 Å². The van der Waals surface area contributed by atoms with Crippen LogP contribution in [0.2, 0.25) is 0 Å². The highest BCUT2D eigenvalue weighted by Gasteiger charge is 2.24. The van der Waals surface area contributed by atoms with Crippen LogP contribution in [-0.4, -0.2) is 27.1 Å². The Hall–Kier alpha value is -1.53. The molecule has 0 aromatic carbocycles. The number of carbonyl (C=O) groups excluding carboxylic acids is 1. The van der Waals surface area contributed by atoms with Crippen LogP contribution in [-0.2, 0) is 0 Å². The number of hydrogen-bond donors (Lipinski definition) is 0. The monoisotopic (exact) mass is 284 g/mol. The summed E-state index contributed by atoms with van der Waals surface area (Å²) in [5.41, 5.74) is 0. The maximum atomic E-state index is 12.4. The average molecular weight is 284 g/mol. The number of rotatable bonds is 5. The Labute approximate surface area is 113 Å². The quantitative estimate of drug-likeness (QED) is 0.792. The van der Waals surface area contributed by atoms with Crippen molar-refractivity contribution in [1.82, 2.24) is 0 Å². The standard InChI is InChI=1S/C12H12O4S2/c1-14-7-4-5-17-11(7)9(13)12-10(16-3)8(15-2)6-18-12/h4-6H,1-3H3. The number of ether oxygens (including phenoxy) is 3. The number of methoxy groups -OCH3 is 3. The van der Waals surface area contributed by atoms with Gasteiger partial charge in [0.1, 0.15) is 15.5 Å². The smallest absolute Gasteiger partial charge is 0.220 e. The molecule has 0 fully saturated rings. The Bertz CT molecular complexity index is 556. The van der Waals surface area contributed by atoms with Crippen LogP contribution >= 0.6 is 22.7 Å². The van der Waals surface area contributed by atoms with Crippen molar-refractivity contribution in [3.8, 4) is 17.2 Å². The van der Waals surface area contributed by atoms with Gasteiger partial charge in [0.05, 0.1) is 21.3 Å². The summed E-state index contributed by atoms with van der Waals surface area (Å²) in [5, 5.41) is 3.58. The van der Waals surface area contributed by atoms with Gasteiger partial charge >= 0.3 is 0 Å². The summed E-state index contributed by atoms with van der Waals surface area (Å²) in [6.07, 6.45) is 0. The van der Waals surface area contributed by atoms with Crippen LogP contribution in [0.1, 0.15) is 14.5 Å². The predicted molar refractivity (Wildman–Crippen MR) is 71.7 cm³/mol. The molecule has 4 nitrogen and oxygen atoms in total. The summed E-state index contributed by atoms with van der Waals surface area (Å²) < 4.78 is 15.5. The maximum Gasteiger partial charge on any atom is 0.220 e. The first-order valence-electron chi connectivity index (χ1n) is 5.08. The van der Waals surface area contributed by atoms with Crippen molar-refractivity contribution in [1.29, 1.82) is 0 Å². The Morgan fingerprint density at radius 3 is 2.33 bits per heavy atom. The first kappa shape index (κ1) is 12.9. The van der Waals surface area contributed by atoms with Crippen molar-refractivity contribution in [2.45, 2.75) is 0 Å². The van der Waals surface area contributed by atoms with Gasteiger partial charge in [-0.25, -0.2) is 0 Å². The van der Waals surface area contributed by atoms with Crippen molar-refractivity contribution in [2.75, 3.05) is 21.3 Å². The van der Waals surface area contributed by atoms with Crippen LogP contribution in [0.4, 0.5) is 0 Å². The summed E-state index contributed by atoms with van der Waals surface area (Å²) in [4.78, 5) is 13.5. The summed E-state index contributed by atoms with van der Waals surface area (Å²) in [5.74, 6) is 1.52. The zero-order chi connectivity index (χ0) is 13.1. The molecule has 0 aliphatic rings. The summed E-state index contributed by atoms with van der Waals surface area (Å²) >= 11 is 2.65. The summed E-state index contributed by atoms with van der Waals surface area (Å²) in [6, 6.07) is 1.77. The number of thiophene rings is 2. The molecule has 0 saturated carbocycles. The number of carbonyl (C=O) groups is 1. The second-order valence-electron chi connectivity index (χ2n) is 3.31. The van der Waals surface area contributed by atoms with Crippen molar-refractivity contribution < 1.29 is 19.0 Å². The maximum absolute atomic E-state index is 12.4. The van der Waals surface area contributed by atoms with E-state index in [9.17, 15) is 4.79 Å². The van der Waals surface area contributed by atoms with E-state index in [-0.39, 0.29) is 5.78 Å². The van der Waals surface area contributed by atoms with Gasteiger partial charge in [0.2, 0.25) is 5.78 Å². The van der Waals surface area contributed by atoms with Crippen LogP contribution in [0.3, 0.4) is 0 Å². The fourth-order valence-corrected chi connectivity index (χ4v) is 3.35. The molecule has 0 radical (unpaired) electrons. The topological polar surface area (TPSA) is 44.8 Å². The molecule has 18 heavy (non-hydrogen) atoms. The molecule has 2 aromatic rings. The molecule has 0 saturated heterocycles. The fraction of sp³-hybridized carbons (Fsp3) is 0.250. The lowest BCUT2D eigenvalue weighted by atomic mass is 10.2. The second-order valence-corrected chi connectivity index (χ2v) is 5.11. The highest BCUT2D eigenvalue weighted by atomic mass is 32.1. The summed E-state index contributed by atoms with van der Waals surface area (Å²) in [6.45, 7) is 0. The average Bonchev–Trinajstić information content (AvgIpc) is 3.03. The van der Waals surface area contributed by atoms with Crippen molar-refractivity contribution >= 4 is 28.5 Å². The predicted octanol–water partition coefficient (Wildman–Crippen LogP) is 3.07. The van der Waals surface area contributed by atoms with E-state index < -0.39 is 0 Å². The molecular weight excluding hydrogens is 272 g/mol. The van der Waals surface area contributed by atoms with E-state index in [0.29, 0.717) is 27.0 Å². The largest absolute Gasteiger partial charge is 0.495 e.